The van der Waals surface area contributed by atoms with Crippen molar-refractivity contribution in [1.29, 1.82) is 0 Å². The molecule has 13 nitrogen and oxygen atoms in total. The standard InChI is InChI=1S/C27H32O13/c1-9-5-11-16(26-24(36)22(34)19(31)14(7-28)38-26)10-3-2-4-12(30)17(10)21(33)18(11)13(6-9)39-27-25(37)23(35)20(32)15(8-29)40-27/h2-6,14-16,19-20,22-32,34-37H,7-8H2,1H3/t14-,15-,16-,19-,20-,22-,23+,24+,25-,26+,27-/m1/s1. The van der Waals surface area contributed by atoms with E-state index in [1.165, 1.54) is 18.2 Å². The van der Waals surface area contributed by atoms with E-state index in [9.17, 15) is 50.8 Å². The number of phenolic OH excluding ortho intramolecular Hbond substituents is 1. The third kappa shape index (κ3) is 4.58. The summed E-state index contributed by atoms with van der Waals surface area (Å²) in [4.78, 5) is 13.9. The minimum Gasteiger partial charge on any atom is -0.507 e. The Morgan fingerprint density at radius 3 is 2.05 bits per heavy atom. The van der Waals surface area contributed by atoms with Crippen molar-refractivity contribution in [1.82, 2.24) is 0 Å². The number of aryl methyl sites for hydroxylation is 1. The van der Waals surface area contributed by atoms with Gasteiger partial charge >= 0.3 is 0 Å². The molecule has 0 saturated carbocycles. The molecule has 0 spiro atoms. The fraction of sp³-hybridized carbons (Fsp3) is 0.519. The van der Waals surface area contributed by atoms with Gasteiger partial charge in [-0.25, -0.2) is 0 Å². The summed E-state index contributed by atoms with van der Waals surface area (Å²) in [5, 5.41) is 92.7. The molecule has 2 fully saturated rings. The second-order valence-corrected chi connectivity index (χ2v) is 10.4. The molecule has 0 radical (unpaired) electrons. The molecule has 2 heterocycles. The van der Waals surface area contributed by atoms with E-state index in [-0.39, 0.29) is 33.8 Å². The maximum atomic E-state index is 13.9. The number of hydrogen-bond donors (Lipinski definition) is 9. The first kappa shape index (κ1) is 28.8. The zero-order valence-electron chi connectivity index (χ0n) is 21.3. The summed E-state index contributed by atoms with van der Waals surface area (Å²) >= 11 is 0. The molecular formula is C27H32O13. The average Bonchev–Trinajstić information content (AvgIpc) is 2.92. The lowest BCUT2D eigenvalue weighted by atomic mass is 9.71. The Kier molecular flexibility index (Phi) is 7.89. The predicted molar refractivity (Wildman–Crippen MR) is 133 cm³/mol. The molecule has 2 saturated heterocycles. The fourth-order valence-electron chi connectivity index (χ4n) is 5.77. The summed E-state index contributed by atoms with van der Waals surface area (Å²) in [6.45, 7) is 0.301. The van der Waals surface area contributed by atoms with Crippen molar-refractivity contribution < 1.29 is 65.0 Å². The second kappa shape index (κ2) is 10.9. The normalized spacial score (nSPS) is 37.5. The van der Waals surface area contributed by atoms with Crippen LogP contribution in [0, 0.1) is 6.92 Å². The van der Waals surface area contributed by atoms with E-state index in [4.69, 9.17) is 14.2 Å². The highest BCUT2D eigenvalue weighted by Crippen LogP contribution is 2.48. The van der Waals surface area contributed by atoms with Crippen molar-refractivity contribution in [2.24, 2.45) is 0 Å². The number of aliphatic hydroxyl groups is 8. The molecule has 2 aromatic rings. The molecule has 0 aromatic heterocycles. The van der Waals surface area contributed by atoms with Crippen molar-refractivity contribution >= 4 is 5.78 Å². The van der Waals surface area contributed by atoms with Gasteiger partial charge in [0.1, 0.15) is 60.3 Å². The fourth-order valence-corrected chi connectivity index (χ4v) is 5.77. The summed E-state index contributed by atoms with van der Waals surface area (Å²) in [5.74, 6) is -2.21. The van der Waals surface area contributed by atoms with Crippen molar-refractivity contribution in [2.45, 2.75) is 74.1 Å². The Bertz CT molecular complexity index is 1260. The Hall–Kier alpha value is -2.69. The largest absolute Gasteiger partial charge is 0.507 e. The van der Waals surface area contributed by atoms with E-state index in [0.29, 0.717) is 5.56 Å². The number of fused-ring (bicyclic) bond motifs is 2. The average molecular weight is 565 g/mol. The van der Waals surface area contributed by atoms with Crippen LogP contribution < -0.4 is 4.74 Å². The topological polar surface area (TPSA) is 227 Å². The number of aliphatic hydroxyl groups excluding tert-OH is 8. The molecule has 0 amide bonds. The van der Waals surface area contributed by atoms with Gasteiger partial charge in [-0.05, 0) is 35.7 Å². The van der Waals surface area contributed by atoms with Crippen LogP contribution >= 0.6 is 0 Å². The quantitative estimate of drug-likeness (QED) is 0.182. The SMILES string of the molecule is Cc1cc(O[C@@H]2O[C@H](CO)[C@@H](O)[C@H](O)[C@H]2O)c2c(c1)[C@H]([C@@H]1O[C@H](CO)[C@@H](O)[C@@H](O)[C@@H]1O)c1cccc(O)c1C2=O. The Balaban J connectivity index is 1.65. The van der Waals surface area contributed by atoms with Gasteiger partial charge in [0, 0.05) is 5.92 Å². The number of aromatic hydroxyl groups is 1. The van der Waals surface area contributed by atoms with Gasteiger partial charge in [0.15, 0.2) is 0 Å². The lowest BCUT2D eigenvalue weighted by molar-refractivity contribution is -0.277. The van der Waals surface area contributed by atoms with Gasteiger partial charge < -0.3 is 60.2 Å². The van der Waals surface area contributed by atoms with Crippen LogP contribution in [0.5, 0.6) is 11.5 Å². The van der Waals surface area contributed by atoms with Gasteiger partial charge in [-0.1, -0.05) is 18.2 Å². The monoisotopic (exact) mass is 564 g/mol. The van der Waals surface area contributed by atoms with E-state index in [2.05, 4.69) is 0 Å². The molecule has 0 bridgehead atoms. The number of ether oxygens (including phenoxy) is 3. The Morgan fingerprint density at radius 1 is 0.775 bits per heavy atom. The van der Waals surface area contributed by atoms with Gasteiger partial charge in [-0.3, -0.25) is 4.79 Å². The Morgan fingerprint density at radius 2 is 1.40 bits per heavy atom. The molecule has 2 aliphatic heterocycles. The Labute approximate surface area is 228 Å². The molecule has 5 rings (SSSR count). The molecule has 1 aliphatic carbocycles. The molecule has 13 heteroatoms. The number of carbonyl (C=O) groups excluding carboxylic acids is 1. The van der Waals surface area contributed by atoms with Crippen molar-refractivity contribution in [3.63, 3.8) is 0 Å². The molecule has 0 unspecified atom stereocenters. The molecule has 218 valence electrons. The summed E-state index contributed by atoms with van der Waals surface area (Å²) < 4.78 is 17.2. The zero-order chi connectivity index (χ0) is 29.0. The number of hydrogen-bond acceptors (Lipinski definition) is 13. The van der Waals surface area contributed by atoms with Crippen LogP contribution in [-0.2, 0) is 9.47 Å². The third-order valence-electron chi connectivity index (χ3n) is 7.83. The first-order chi connectivity index (χ1) is 19.0. The van der Waals surface area contributed by atoms with Crippen molar-refractivity contribution in [2.75, 3.05) is 13.2 Å². The third-order valence-corrected chi connectivity index (χ3v) is 7.83. The lowest BCUT2D eigenvalue weighted by Crippen LogP contribution is -2.60. The summed E-state index contributed by atoms with van der Waals surface area (Å²) in [6, 6.07) is 7.39. The van der Waals surface area contributed by atoms with Crippen molar-refractivity contribution in [3.05, 3.63) is 58.1 Å². The first-order valence-electron chi connectivity index (χ1n) is 12.8. The summed E-state index contributed by atoms with van der Waals surface area (Å²) in [7, 11) is 0. The first-order valence-corrected chi connectivity index (χ1v) is 12.8. The highest BCUT2D eigenvalue weighted by Gasteiger charge is 2.51. The van der Waals surface area contributed by atoms with Gasteiger partial charge in [0.2, 0.25) is 12.1 Å². The number of benzene rings is 2. The zero-order valence-corrected chi connectivity index (χ0v) is 21.3. The minimum absolute atomic E-state index is 0.0986. The van der Waals surface area contributed by atoms with Crippen LogP contribution in [0.2, 0.25) is 0 Å². The van der Waals surface area contributed by atoms with Crippen LogP contribution in [0.4, 0.5) is 0 Å². The number of rotatable bonds is 5. The number of phenols is 1. The van der Waals surface area contributed by atoms with Gasteiger partial charge in [0.05, 0.1) is 30.4 Å². The van der Waals surface area contributed by atoms with Gasteiger partial charge in [-0.2, -0.15) is 0 Å². The van der Waals surface area contributed by atoms with Crippen LogP contribution in [0.1, 0.15) is 38.5 Å². The van der Waals surface area contributed by atoms with Crippen molar-refractivity contribution in [3.8, 4) is 11.5 Å². The maximum absolute atomic E-state index is 13.9. The molecule has 40 heavy (non-hydrogen) atoms. The van der Waals surface area contributed by atoms with Crippen LogP contribution in [0.25, 0.3) is 0 Å². The van der Waals surface area contributed by atoms with Crippen LogP contribution in [-0.4, -0.2) is 126 Å². The van der Waals surface area contributed by atoms with E-state index >= 15 is 0 Å². The highest BCUT2D eigenvalue weighted by atomic mass is 16.7. The summed E-state index contributed by atoms with van der Waals surface area (Å²) in [6.07, 6.45) is -15.6. The van der Waals surface area contributed by atoms with E-state index in [0.717, 1.165) is 0 Å². The van der Waals surface area contributed by atoms with Crippen LogP contribution in [0.15, 0.2) is 30.3 Å². The molecule has 2 aromatic carbocycles. The second-order valence-electron chi connectivity index (χ2n) is 10.4. The maximum Gasteiger partial charge on any atom is 0.229 e. The van der Waals surface area contributed by atoms with E-state index in [1.54, 1.807) is 19.1 Å². The van der Waals surface area contributed by atoms with Crippen LogP contribution in [0.3, 0.4) is 0 Å². The summed E-state index contributed by atoms with van der Waals surface area (Å²) in [5.41, 5.74) is 0.820. The predicted octanol–water partition coefficient (Wildman–Crippen LogP) is -2.60. The van der Waals surface area contributed by atoms with Gasteiger partial charge in [0.25, 0.3) is 0 Å². The smallest absolute Gasteiger partial charge is 0.229 e. The van der Waals surface area contributed by atoms with E-state index < -0.39 is 86.1 Å². The van der Waals surface area contributed by atoms with E-state index in [1.807, 2.05) is 0 Å². The minimum atomic E-state index is -1.77. The number of ketones is 1. The molecule has 11 atom stereocenters. The van der Waals surface area contributed by atoms with Gasteiger partial charge in [-0.15, -0.1) is 0 Å². The molecule has 3 aliphatic rings. The molecular weight excluding hydrogens is 532 g/mol. The lowest BCUT2D eigenvalue weighted by Gasteiger charge is -2.45. The molecule has 9 N–H and O–H groups in total. The number of carbonyl (C=O) groups is 1. The highest BCUT2D eigenvalue weighted by molar-refractivity contribution is 6.16.